The number of rotatable bonds is 4. The summed E-state index contributed by atoms with van der Waals surface area (Å²) in [6, 6.07) is 18.1. The van der Waals surface area contributed by atoms with E-state index >= 15 is 0 Å². The van der Waals surface area contributed by atoms with E-state index in [2.05, 4.69) is 5.32 Å². The molecule has 0 aliphatic carbocycles. The van der Waals surface area contributed by atoms with Crippen molar-refractivity contribution in [2.24, 2.45) is 0 Å². The van der Waals surface area contributed by atoms with Gasteiger partial charge in [-0.2, -0.15) is 0 Å². The second kappa shape index (κ2) is 7.37. The van der Waals surface area contributed by atoms with Crippen molar-refractivity contribution in [3.8, 4) is 11.3 Å². The third-order valence-electron chi connectivity index (χ3n) is 4.41. The first-order chi connectivity index (χ1) is 13.5. The fraction of sp³-hybridized carbons (Fsp3) is 0.0909. The first-order valence-corrected chi connectivity index (χ1v) is 9.13. The largest absolute Gasteiger partial charge is 0.457 e. The summed E-state index contributed by atoms with van der Waals surface area (Å²) in [5, 5.41) is 3.22. The van der Waals surface area contributed by atoms with Crippen LogP contribution in [0.25, 0.3) is 17.4 Å². The van der Waals surface area contributed by atoms with Crippen LogP contribution in [0.1, 0.15) is 16.9 Å². The van der Waals surface area contributed by atoms with Gasteiger partial charge in [-0.25, -0.2) is 4.79 Å². The van der Waals surface area contributed by atoms with Gasteiger partial charge in [-0.1, -0.05) is 53.6 Å². The molecule has 0 radical (unpaired) electrons. The van der Waals surface area contributed by atoms with Gasteiger partial charge in [0.2, 0.25) is 0 Å². The van der Waals surface area contributed by atoms with Crippen molar-refractivity contribution in [1.29, 1.82) is 0 Å². The zero-order valence-corrected chi connectivity index (χ0v) is 15.9. The molecule has 140 valence electrons. The Kier molecular flexibility index (Phi) is 4.75. The minimum atomic E-state index is -0.445. The lowest BCUT2D eigenvalue weighted by Gasteiger charge is -2.12. The van der Waals surface area contributed by atoms with E-state index in [4.69, 9.17) is 16.0 Å². The van der Waals surface area contributed by atoms with Crippen molar-refractivity contribution in [3.63, 3.8) is 0 Å². The smallest absolute Gasteiger partial charge is 0.329 e. The van der Waals surface area contributed by atoms with Gasteiger partial charge in [0.1, 0.15) is 17.2 Å². The molecule has 2 aromatic carbocycles. The number of hydrogen-bond acceptors (Lipinski definition) is 3. The summed E-state index contributed by atoms with van der Waals surface area (Å²) in [5.41, 5.74) is 2.99. The fourth-order valence-corrected chi connectivity index (χ4v) is 3.27. The third-order valence-corrected chi connectivity index (χ3v) is 4.64. The van der Waals surface area contributed by atoms with E-state index in [1.165, 1.54) is 11.0 Å². The molecule has 6 heteroatoms. The monoisotopic (exact) mass is 392 g/mol. The average molecular weight is 393 g/mol. The lowest BCUT2D eigenvalue weighted by atomic mass is 10.1. The first-order valence-electron chi connectivity index (χ1n) is 8.75. The predicted molar refractivity (Wildman–Crippen MR) is 107 cm³/mol. The number of amides is 3. The maximum atomic E-state index is 12.6. The van der Waals surface area contributed by atoms with Crippen molar-refractivity contribution in [2.45, 2.75) is 13.5 Å². The average Bonchev–Trinajstić information content (AvgIpc) is 3.23. The first kappa shape index (κ1) is 18.1. The normalized spacial score (nSPS) is 15.4. The van der Waals surface area contributed by atoms with Gasteiger partial charge in [-0.05, 0) is 36.8 Å². The molecule has 1 N–H and O–H groups in total. The molecule has 1 aromatic heterocycles. The highest BCUT2D eigenvalue weighted by molar-refractivity contribution is 6.30. The maximum Gasteiger partial charge on any atom is 0.329 e. The molecule has 1 saturated heterocycles. The van der Waals surface area contributed by atoms with Gasteiger partial charge in [-0.3, -0.25) is 9.69 Å². The number of nitrogens with zero attached hydrogens (tertiary/aromatic N) is 1. The maximum absolute atomic E-state index is 12.6. The van der Waals surface area contributed by atoms with Crippen molar-refractivity contribution in [3.05, 3.63) is 88.3 Å². The van der Waals surface area contributed by atoms with Crippen molar-refractivity contribution >= 4 is 29.6 Å². The van der Waals surface area contributed by atoms with Crippen LogP contribution in [-0.2, 0) is 11.3 Å². The summed E-state index contributed by atoms with van der Waals surface area (Å²) < 4.78 is 5.78. The predicted octanol–water partition coefficient (Wildman–Crippen LogP) is 5.00. The van der Waals surface area contributed by atoms with E-state index < -0.39 is 6.03 Å². The number of furan rings is 1. The summed E-state index contributed by atoms with van der Waals surface area (Å²) in [7, 11) is 0. The number of carbonyl (C=O) groups is 2. The van der Waals surface area contributed by atoms with E-state index in [-0.39, 0.29) is 18.1 Å². The third kappa shape index (κ3) is 3.70. The second-order valence-corrected chi connectivity index (χ2v) is 7.02. The van der Waals surface area contributed by atoms with Gasteiger partial charge in [-0.15, -0.1) is 0 Å². The van der Waals surface area contributed by atoms with Gasteiger partial charge in [0.25, 0.3) is 5.91 Å². The van der Waals surface area contributed by atoms with E-state index in [1.54, 1.807) is 24.3 Å². The SMILES string of the molecule is Cc1cccc(CN2C(=O)N/C(=C/c3ccc(-c4cccc(Cl)c4)o3)C2=O)c1. The molecule has 2 heterocycles. The molecule has 0 saturated carbocycles. The Morgan fingerprint density at radius 2 is 1.89 bits per heavy atom. The molecule has 3 aromatic rings. The van der Waals surface area contributed by atoms with Crippen LogP contribution in [0, 0.1) is 6.92 Å². The zero-order valence-electron chi connectivity index (χ0n) is 15.1. The molecule has 5 nitrogen and oxygen atoms in total. The number of nitrogens with one attached hydrogen (secondary N) is 1. The van der Waals surface area contributed by atoms with Gasteiger partial charge < -0.3 is 9.73 Å². The summed E-state index contributed by atoms with van der Waals surface area (Å²) >= 11 is 6.02. The standard InChI is InChI=1S/C22H17ClN2O3/c1-14-4-2-5-15(10-14)13-25-21(26)19(24-22(25)27)12-18-8-9-20(28-18)16-6-3-7-17(23)11-16/h2-12H,13H2,1H3,(H,24,27)/b19-12+. The van der Waals surface area contributed by atoms with Crippen LogP contribution in [0.4, 0.5) is 4.79 Å². The number of benzene rings is 2. The summed E-state index contributed by atoms with van der Waals surface area (Å²) in [4.78, 5) is 26.1. The Bertz CT molecular complexity index is 1100. The van der Waals surface area contributed by atoms with Gasteiger partial charge in [0.15, 0.2) is 0 Å². The Morgan fingerprint density at radius 1 is 1.07 bits per heavy atom. The molecule has 28 heavy (non-hydrogen) atoms. The molecule has 1 fully saturated rings. The van der Waals surface area contributed by atoms with E-state index in [1.807, 2.05) is 43.3 Å². The highest BCUT2D eigenvalue weighted by Gasteiger charge is 2.33. The lowest BCUT2D eigenvalue weighted by molar-refractivity contribution is -0.123. The van der Waals surface area contributed by atoms with Crippen LogP contribution in [0.15, 0.2) is 70.8 Å². The van der Waals surface area contributed by atoms with Crippen molar-refractivity contribution in [2.75, 3.05) is 0 Å². The van der Waals surface area contributed by atoms with Gasteiger partial charge in [0.05, 0.1) is 6.54 Å². The zero-order chi connectivity index (χ0) is 19.7. The molecule has 0 atom stereocenters. The Balaban J connectivity index is 1.54. The summed E-state index contributed by atoms with van der Waals surface area (Å²) in [5.74, 6) is 0.714. The van der Waals surface area contributed by atoms with Gasteiger partial charge in [0, 0.05) is 16.7 Å². The van der Waals surface area contributed by atoms with E-state index in [0.717, 1.165) is 16.7 Å². The number of urea groups is 1. The number of hydrogen-bond donors (Lipinski definition) is 1. The fourth-order valence-electron chi connectivity index (χ4n) is 3.08. The molecule has 1 aliphatic rings. The summed E-state index contributed by atoms with van der Waals surface area (Å²) in [6.45, 7) is 2.19. The van der Waals surface area contributed by atoms with Crippen LogP contribution in [0.5, 0.6) is 0 Å². The van der Waals surface area contributed by atoms with Crippen LogP contribution >= 0.6 is 11.6 Å². The Hall–Kier alpha value is -3.31. The van der Waals surface area contributed by atoms with E-state index in [0.29, 0.717) is 16.5 Å². The second-order valence-electron chi connectivity index (χ2n) is 6.58. The number of carbonyl (C=O) groups excluding carboxylic acids is 2. The highest BCUT2D eigenvalue weighted by Crippen LogP contribution is 2.26. The molecule has 0 spiro atoms. The molecule has 4 rings (SSSR count). The molecular weight excluding hydrogens is 376 g/mol. The number of imide groups is 1. The molecular formula is C22H17ClN2O3. The number of aryl methyl sites for hydroxylation is 1. The Labute approximate surface area is 167 Å². The van der Waals surface area contributed by atoms with Crippen molar-refractivity contribution in [1.82, 2.24) is 10.2 Å². The van der Waals surface area contributed by atoms with Crippen molar-refractivity contribution < 1.29 is 14.0 Å². The van der Waals surface area contributed by atoms with Crippen LogP contribution in [0.3, 0.4) is 0 Å². The highest BCUT2D eigenvalue weighted by atomic mass is 35.5. The van der Waals surface area contributed by atoms with Gasteiger partial charge >= 0.3 is 6.03 Å². The van der Waals surface area contributed by atoms with Crippen LogP contribution < -0.4 is 5.32 Å². The molecule has 0 unspecified atom stereocenters. The topological polar surface area (TPSA) is 62.6 Å². The minimum Gasteiger partial charge on any atom is -0.457 e. The minimum absolute atomic E-state index is 0.185. The van der Waals surface area contributed by atoms with E-state index in [9.17, 15) is 9.59 Å². The van der Waals surface area contributed by atoms with Crippen LogP contribution in [0.2, 0.25) is 5.02 Å². The lowest BCUT2D eigenvalue weighted by Crippen LogP contribution is -2.30. The van der Waals surface area contributed by atoms with Crippen LogP contribution in [-0.4, -0.2) is 16.8 Å². The Morgan fingerprint density at radius 3 is 2.68 bits per heavy atom. The summed E-state index contributed by atoms with van der Waals surface area (Å²) in [6.07, 6.45) is 1.53. The molecule has 3 amide bonds. The molecule has 1 aliphatic heterocycles. The molecule has 0 bridgehead atoms. The number of halogens is 1. The quantitative estimate of drug-likeness (QED) is 0.502.